The first-order chi connectivity index (χ1) is 8.27. The lowest BCUT2D eigenvalue weighted by atomic mass is 9.90. The molecule has 1 N–H and O–H groups in total. The third kappa shape index (κ3) is 1.75. The van der Waals surface area contributed by atoms with Crippen LogP contribution in [0.15, 0.2) is 24.4 Å². The summed E-state index contributed by atoms with van der Waals surface area (Å²) in [6.07, 6.45) is 6.97. The highest BCUT2D eigenvalue weighted by Gasteiger charge is 2.15. The summed E-state index contributed by atoms with van der Waals surface area (Å²) >= 11 is 5.37. The van der Waals surface area contributed by atoms with Gasteiger partial charge in [0.15, 0.2) is 4.77 Å². The van der Waals surface area contributed by atoms with Crippen LogP contribution < -0.4 is 0 Å². The third-order valence-electron chi connectivity index (χ3n) is 3.57. The van der Waals surface area contributed by atoms with Crippen molar-refractivity contribution in [2.45, 2.75) is 32.6 Å². The lowest BCUT2D eigenvalue weighted by Gasteiger charge is -2.20. The zero-order chi connectivity index (χ0) is 11.8. The number of fused-ring (bicyclic) bond motifs is 1. The molecule has 1 aromatic carbocycles. The minimum atomic E-state index is 0.793. The monoisotopic (exact) mass is 244 g/mol. The third-order valence-corrected chi connectivity index (χ3v) is 3.87. The van der Waals surface area contributed by atoms with Crippen LogP contribution in [-0.4, -0.2) is 9.55 Å². The number of imidazole rings is 1. The van der Waals surface area contributed by atoms with Gasteiger partial charge < -0.3 is 4.98 Å². The van der Waals surface area contributed by atoms with Crippen LogP contribution in [0.2, 0.25) is 0 Å². The maximum Gasteiger partial charge on any atom is 0.182 e. The molecule has 0 unspecified atom stereocenters. The molecule has 2 nitrogen and oxygen atoms in total. The molecule has 1 aliphatic carbocycles. The van der Waals surface area contributed by atoms with Gasteiger partial charge in [-0.2, -0.15) is 0 Å². The largest absolute Gasteiger partial charge is 0.337 e. The van der Waals surface area contributed by atoms with Gasteiger partial charge in [-0.25, -0.2) is 0 Å². The minimum absolute atomic E-state index is 0.793. The van der Waals surface area contributed by atoms with E-state index in [-0.39, 0.29) is 0 Å². The summed E-state index contributed by atoms with van der Waals surface area (Å²) in [5.41, 5.74) is 5.42. The van der Waals surface area contributed by atoms with Crippen molar-refractivity contribution in [3.8, 4) is 5.69 Å². The van der Waals surface area contributed by atoms with Crippen LogP contribution in [0.25, 0.3) is 5.69 Å². The van der Waals surface area contributed by atoms with Crippen LogP contribution in [0.3, 0.4) is 0 Å². The van der Waals surface area contributed by atoms with Crippen LogP contribution in [0, 0.1) is 11.7 Å². The second-order valence-electron chi connectivity index (χ2n) is 4.69. The number of aromatic nitrogens is 2. The first-order valence-electron chi connectivity index (χ1n) is 6.15. The number of aromatic amines is 1. The number of aryl methyl sites for hydroxylation is 2. The number of H-pyrrole nitrogens is 1. The van der Waals surface area contributed by atoms with Crippen LogP contribution in [0.1, 0.15) is 29.7 Å². The second kappa shape index (κ2) is 4.15. The highest BCUT2D eigenvalue weighted by Crippen LogP contribution is 2.27. The van der Waals surface area contributed by atoms with Crippen LogP contribution in [0.4, 0.5) is 0 Å². The van der Waals surface area contributed by atoms with Gasteiger partial charge in [-0.1, -0.05) is 12.1 Å². The molecule has 0 saturated carbocycles. The summed E-state index contributed by atoms with van der Waals surface area (Å²) in [6.45, 7) is 2.09. The Morgan fingerprint density at radius 2 is 2.06 bits per heavy atom. The van der Waals surface area contributed by atoms with E-state index in [0.29, 0.717) is 0 Å². The summed E-state index contributed by atoms with van der Waals surface area (Å²) in [5, 5.41) is 0. The van der Waals surface area contributed by atoms with Crippen LogP contribution in [0.5, 0.6) is 0 Å². The van der Waals surface area contributed by atoms with Gasteiger partial charge in [-0.3, -0.25) is 4.57 Å². The van der Waals surface area contributed by atoms with Gasteiger partial charge in [0.05, 0.1) is 5.69 Å². The molecule has 1 aromatic heterocycles. The van der Waals surface area contributed by atoms with E-state index in [1.807, 2.05) is 6.20 Å². The molecule has 1 aliphatic rings. The fraction of sp³-hybridized carbons (Fsp3) is 0.357. The average molecular weight is 244 g/mol. The fourth-order valence-corrected chi connectivity index (χ4v) is 3.03. The number of benzene rings is 1. The Morgan fingerprint density at radius 3 is 2.82 bits per heavy atom. The predicted molar refractivity (Wildman–Crippen MR) is 72.3 cm³/mol. The number of nitrogens with zero attached hydrogens (tertiary/aromatic N) is 1. The molecule has 0 fully saturated rings. The summed E-state index contributed by atoms with van der Waals surface area (Å²) in [6, 6.07) is 6.58. The van der Waals surface area contributed by atoms with Crippen molar-refractivity contribution in [1.29, 1.82) is 0 Å². The SMILES string of the molecule is Cc1c[nH]c(=S)n1-c1cccc2c1CCCC2. The fourth-order valence-electron chi connectivity index (χ4n) is 2.73. The van der Waals surface area contributed by atoms with Gasteiger partial charge in [0.25, 0.3) is 0 Å². The zero-order valence-electron chi connectivity index (χ0n) is 9.99. The summed E-state index contributed by atoms with van der Waals surface area (Å²) < 4.78 is 2.95. The molecule has 3 rings (SSSR count). The van der Waals surface area contributed by atoms with E-state index in [0.717, 1.165) is 4.77 Å². The van der Waals surface area contributed by atoms with E-state index in [2.05, 4.69) is 34.7 Å². The molecule has 0 bridgehead atoms. The first-order valence-corrected chi connectivity index (χ1v) is 6.56. The Kier molecular flexibility index (Phi) is 2.63. The Bertz CT molecular complexity index is 607. The molecule has 3 heteroatoms. The van der Waals surface area contributed by atoms with Crippen LogP contribution >= 0.6 is 12.2 Å². The van der Waals surface area contributed by atoms with Gasteiger partial charge in [0.2, 0.25) is 0 Å². The van der Waals surface area contributed by atoms with Gasteiger partial charge in [0.1, 0.15) is 0 Å². The van der Waals surface area contributed by atoms with E-state index >= 15 is 0 Å². The van der Waals surface area contributed by atoms with Gasteiger partial charge in [-0.15, -0.1) is 0 Å². The van der Waals surface area contributed by atoms with Crippen molar-refractivity contribution < 1.29 is 0 Å². The molecule has 88 valence electrons. The van der Waals surface area contributed by atoms with E-state index < -0.39 is 0 Å². The number of rotatable bonds is 1. The Morgan fingerprint density at radius 1 is 1.24 bits per heavy atom. The molecule has 0 radical (unpaired) electrons. The Labute approximate surface area is 106 Å². The van der Waals surface area contributed by atoms with Crippen molar-refractivity contribution in [2.75, 3.05) is 0 Å². The quantitative estimate of drug-likeness (QED) is 0.758. The average Bonchev–Trinajstić information content (AvgIpc) is 2.69. The number of hydrogen-bond donors (Lipinski definition) is 1. The van der Waals surface area contributed by atoms with Crippen molar-refractivity contribution in [3.63, 3.8) is 0 Å². The summed E-state index contributed by atoms with van der Waals surface area (Å²) in [7, 11) is 0. The normalized spacial score (nSPS) is 14.6. The van der Waals surface area contributed by atoms with Crippen molar-refractivity contribution in [1.82, 2.24) is 9.55 Å². The van der Waals surface area contributed by atoms with Crippen molar-refractivity contribution in [2.24, 2.45) is 0 Å². The van der Waals surface area contributed by atoms with Gasteiger partial charge >= 0.3 is 0 Å². The highest BCUT2D eigenvalue weighted by atomic mass is 32.1. The van der Waals surface area contributed by atoms with E-state index in [9.17, 15) is 0 Å². The van der Waals surface area contributed by atoms with Crippen molar-refractivity contribution >= 4 is 12.2 Å². The van der Waals surface area contributed by atoms with Crippen molar-refractivity contribution in [3.05, 3.63) is 46.0 Å². The zero-order valence-corrected chi connectivity index (χ0v) is 10.8. The molecular formula is C14H16N2S. The van der Waals surface area contributed by atoms with E-state index in [1.165, 1.54) is 48.2 Å². The van der Waals surface area contributed by atoms with E-state index in [4.69, 9.17) is 12.2 Å². The molecule has 2 aromatic rings. The smallest absolute Gasteiger partial charge is 0.182 e. The lowest BCUT2D eigenvalue weighted by Crippen LogP contribution is -2.09. The Balaban J connectivity index is 2.25. The standard InChI is InChI=1S/C14H16N2S/c1-10-9-15-14(17)16(10)13-8-4-6-11-5-2-3-7-12(11)13/h4,6,8-9H,2-3,5,7H2,1H3,(H,15,17). The molecule has 0 amide bonds. The summed E-state index contributed by atoms with van der Waals surface area (Å²) in [5.74, 6) is 0. The minimum Gasteiger partial charge on any atom is -0.337 e. The first kappa shape index (κ1) is 10.8. The lowest BCUT2D eigenvalue weighted by molar-refractivity contribution is 0.680. The summed E-state index contributed by atoms with van der Waals surface area (Å²) in [4.78, 5) is 3.12. The topological polar surface area (TPSA) is 20.7 Å². The molecule has 1 heterocycles. The van der Waals surface area contributed by atoms with Crippen LogP contribution in [-0.2, 0) is 12.8 Å². The predicted octanol–water partition coefficient (Wildman–Crippen LogP) is 3.72. The molecular weight excluding hydrogens is 228 g/mol. The van der Waals surface area contributed by atoms with Gasteiger partial charge in [0, 0.05) is 11.9 Å². The molecule has 0 aliphatic heterocycles. The number of hydrogen-bond acceptors (Lipinski definition) is 1. The number of nitrogens with one attached hydrogen (secondary N) is 1. The molecule has 0 atom stereocenters. The highest BCUT2D eigenvalue weighted by molar-refractivity contribution is 7.71. The maximum atomic E-state index is 5.37. The van der Waals surface area contributed by atoms with Gasteiger partial charge in [-0.05, 0) is 62.0 Å². The second-order valence-corrected chi connectivity index (χ2v) is 5.08. The Hall–Kier alpha value is -1.35. The van der Waals surface area contributed by atoms with E-state index in [1.54, 1.807) is 0 Å². The molecule has 0 saturated heterocycles. The molecule has 0 spiro atoms. The maximum absolute atomic E-state index is 5.37. The molecule has 17 heavy (non-hydrogen) atoms.